The zero-order valence-electron chi connectivity index (χ0n) is 24.2. The maximum Gasteiger partial charge on any atom is 0.414 e. The Labute approximate surface area is 239 Å². The molecule has 0 unspecified atom stereocenters. The molecule has 4 rings (SSSR count). The lowest BCUT2D eigenvalue weighted by atomic mass is 10.1. The molecule has 2 aromatic heterocycles. The number of amides is 2. The predicted molar refractivity (Wildman–Crippen MR) is 154 cm³/mol. The normalized spacial score (nSPS) is 11.7. The number of carbonyl (C=O) groups excluding carboxylic acids is 2. The Morgan fingerprint density at radius 1 is 0.634 bits per heavy atom. The van der Waals surface area contributed by atoms with Crippen molar-refractivity contribution in [2.24, 2.45) is 0 Å². The van der Waals surface area contributed by atoms with E-state index in [1.807, 2.05) is 60.7 Å². The second kappa shape index (κ2) is 12.2. The van der Waals surface area contributed by atoms with E-state index in [1.54, 1.807) is 50.7 Å². The number of rotatable bonds is 8. The summed E-state index contributed by atoms with van der Waals surface area (Å²) in [5.41, 5.74) is 0.600. The van der Waals surface area contributed by atoms with Gasteiger partial charge in [-0.25, -0.2) is 9.59 Å². The van der Waals surface area contributed by atoms with Crippen LogP contribution in [-0.4, -0.2) is 52.9 Å². The molecule has 12 nitrogen and oxygen atoms in total. The van der Waals surface area contributed by atoms with Gasteiger partial charge in [-0.2, -0.15) is 0 Å². The monoisotopic (exact) mass is 560 g/mol. The molecule has 2 amide bonds. The van der Waals surface area contributed by atoms with E-state index >= 15 is 0 Å². The van der Waals surface area contributed by atoms with E-state index in [0.717, 1.165) is 11.1 Å². The van der Waals surface area contributed by atoms with Crippen LogP contribution in [0, 0.1) is 0 Å². The molecule has 0 saturated carbocycles. The number of carbonyl (C=O) groups is 2. The van der Waals surface area contributed by atoms with Gasteiger partial charge in [0.05, 0.1) is 0 Å². The van der Waals surface area contributed by atoms with E-state index in [1.165, 1.54) is 0 Å². The molecule has 0 atom stereocenters. The van der Waals surface area contributed by atoms with Crippen LogP contribution in [0.25, 0.3) is 0 Å². The standard InChI is InChI=1S/C29H36N8O4/c1-28(2,3)40-26(38)30-24-34-32-22(17-20-13-9-7-10-14-20)36(24)19-37-23(18-21-15-11-8-12-16-21)33-35-25(37)31-27(39)41-29(4,5)6/h7-16H,17-19H2,1-6H3,(H,30,34,38)(H,31,35,39). The van der Waals surface area contributed by atoms with E-state index in [0.29, 0.717) is 24.5 Å². The molecule has 2 N–H and O–H groups in total. The molecule has 0 spiro atoms. The summed E-state index contributed by atoms with van der Waals surface area (Å²) in [6.45, 7) is 10.7. The van der Waals surface area contributed by atoms with Crippen LogP contribution in [0.5, 0.6) is 0 Å². The van der Waals surface area contributed by atoms with Crippen LogP contribution in [0.3, 0.4) is 0 Å². The van der Waals surface area contributed by atoms with Crippen LogP contribution in [0.15, 0.2) is 60.7 Å². The fourth-order valence-corrected chi connectivity index (χ4v) is 3.90. The average Bonchev–Trinajstić information content (AvgIpc) is 3.41. The Morgan fingerprint density at radius 3 is 1.34 bits per heavy atom. The smallest absolute Gasteiger partial charge is 0.414 e. The molecule has 4 aromatic rings. The van der Waals surface area contributed by atoms with Gasteiger partial charge in [-0.1, -0.05) is 60.7 Å². The van der Waals surface area contributed by atoms with Gasteiger partial charge in [0.2, 0.25) is 11.9 Å². The van der Waals surface area contributed by atoms with Gasteiger partial charge < -0.3 is 9.47 Å². The second-order valence-corrected chi connectivity index (χ2v) is 11.5. The van der Waals surface area contributed by atoms with Crippen LogP contribution in [-0.2, 0) is 29.0 Å². The van der Waals surface area contributed by atoms with Crippen molar-refractivity contribution >= 4 is 24.1 Å². The minimum Gasteiger partial charge on any atom is -0.444 e. The number of hydrogen-bond acceptors (Lipinski definition) is 8. The molecule has 0 fully saturated rings. The van der Waals surface area contributed by atoms with Gasteiger partial charge >= 0.3 is 12.2 Å². The Balaban J connectivity index is 1.73. The van der Waals surface area contributed by atoms with E-state index in [2.05, 4.69) is 31.0 Å². The van der Waals surface area contributed by atoms with E-state index in [-0.39, 0.29) is 18.6 Å². The highest BCUT2D eigenvalue weighted by atomic mass is 16.6. The van der Waals surface area contributed by atoms with Crippen molar-refractivity contribution in [2.45, 2.75) is 72.3 Å². The summed E-state index contributed by atoms with van der Waals surface area (Å²) in [5, 5.41) is 22.7. The van der Waals surface area contributed by atoms with Crippen LogP contribution in [0.2, 0.25) is 0 Å². The Hall–Kier alpha value is -4.74. The van der Waals surface area contributed by atoms with E-state index < -0.39 is 23.4 Å². The Kier molecular flexibility index (Phi) is 8.70. The van der Waals surface area contributed by atoms with Crippen molar-refractivity contribution in [2.75, 3.05) is 10.6 Å². The van der Waals surface area contributed by atoms with Gasteiger partial charge in [0.1, 0.15) is 29.5 Å². The molecule has 0 bridgehead atoms. The number of anilines is 2. The zero-order chi connectivity index (χ0) is 29.6. The summed E-state index contributed by atoms with van der Waals surface area (Å²) in [5.74, 6) is 1.50. The van der Waals surface area contributed by atoms with Crippen LogP contribution >= 0.6 is 0 Å². The van der Waals surface area contributed by atoms with E-state index in [9.17, 15) is 9.59 Å². The largest absolute Gasteiger partial charge is 0.444 e. The summed E-state index contributed by atoms with van der Waals surface area (Å²) in [6, 6.07) is 19.6. The topological polar surface area (TPSA) is 138 Å². The molecule has 0 aliphatic rings. The third-order valence-corrected chi connectivity index (χ3v) is 5.57. The summed E-state index contributed by atoms with van der Waals surface area (Å²) < 4.78 is 14.4. The minimum atomic E-state index is -0.705. The minimum absolute atomic E-state index is 0.0839. The first-order valence-corrected chi connectivity index (χ1v) is 13.3. The fraction of sp³-hybridized carbons (Fsp3) is 0.379. The molecular formula is C29H36N8O4. The first-order valence-electron chi connectivity index (χ1n) is 13.3. The van der Waals surface area contributed by atoms with Gasteiger partial charge in [-0.15, -0.1) is 20.4 Å². The highest BCUT2D eigenvalue weighted by molar-refractivity contribution is 5.83. The predicted octanol–water partition coefficient (Wildman–Crippen LogP) is 5.25. The summed E-state index contributed by atoms with van der Waals surface area (Å²) in [6.07, 6.45) is -0.459. The second-order valence-electron chi connectivity index (χ2n) is 11.5. The highest BCUT2D eigenvalue weighted by Crippen LogP contribution is 2.20. The Bertz CT molecular complexity index is 1360. The average molecular weight is 561 g/mol. The molecule has 2 aromatic carbocycles. The quantitative estimate of drug-likeness (QED) is 0.298. The van der Waals surface area contributed by atoms with Crippen LogP contribution in [0.1, 0.15) is 64.3 Å². The summed E-state index contributed by atoms with van der Waals surface area (Å²) in [4.78, 5) is 25.4. The van der Waals surface area contributed by atoms with Crippen molar-refractivity contribution in [3.05, 3.63) is 83.4 Å². The van der Waals surface area contributed by atoms with Crippen molar-refractivity contribution in [3.8, 4) is 0 Å². The maximum atomic E-state index is 12.7. The molecule has 2 heterocycles. The number of aromatic nitrogens is 6. The first kappa shape index (κ1) is 29.2. The maximum absolute atomic E-state index is 12.7. The lowest BCUT2D eigenvalue weighted by Gasteiger charge is -2.21. The number of benzene rings is 2. The van der Waals surface area contributed by atoms with E-state index in [4.69, 9.17) is 9.47 Å². The molecule has 216 valence electrons. The van der Waals surface area contributed by atoms with Crippen LogP contribution < -0.4 is 10.6 Å². The number of nitrogens with one attached hydrogen (secondary N) is 2. The molecular weight excluding hydrogens is 524 g/mol. The lowest BCUT2D eigenvalue weighted by Crippen LogP contribution is -2.30. The van der Waals surface area contributed by atoms with Gasteiger partial charge in [-0.3, -0.25) is 19.8 Å². The van der Waals surface area contributed by atoms with Crippen molar-refractivity contribution in [1.29, 1.82) is 0 Å². The molecule has 41 heavy (non-hydrogen) atoms. The zero-order valence-corrected chi connectivity index (χ0v) is 24.2. The lowest BCUT2D eigenvalue weighted by molar-refractivity contribution is 0.0623. The molecule has 0 radical (unpaired) electrons. The van der Waals surface area contributed by atoms with Gasteiger partial charge in [-0.05, 0) is 52.7 Å². The molecule has 0 aliphatic carbocycles. The number of nitrogens with zero attached hydrogens (tertiary/aromatic N) is 6. The first-order chi connectivity index (χ1) is 19.4. The van der Waals surface area contributed by atoms with Gasteiger partial charge in [0.15, 0.2) is 0 Å². The third kappa shape index (κ3) is 8.62. The van der Waals surface area contributed by atoms with Gasteiger partial charge in [0.25, 0.3) is 0 Å². The van der Waals surface area contributed by atoms with Crippen LogP contribution in [0.4, 0.5) is 21.5 Å². The summed E-state index contributed by atoms with van der Waals surface area (Å²) in [7, 11) is 0. The Morgan fingerprint density at radius 2 is 1.00 bits per heavy atom. The molecule has 0 saturated heterocycles. The van der Waals surface area contributed by atoms with Crippen molar-refractivity contribution in [3.63, 3.8) is 0 Å². The summed E-state index contributed by atoms with van der Waals surface area (Å²) >= 11 is 0. The van der Waals surface area contributed by atoms with Crippen molar-refractivity contribution < 1.29 is 19.1 Å². The number of ether oxygens (including phenoxy) is 2. The molecule has 0 aliphatic heterocycles. The SMILES string of the molecule is CC(C)(C)OC(=O)Nc1nnc(Cc2ccccc2)n1Cn1c(Cc2ccccc2)nnc1NC(=O)OC(C)(C)C. The number of hydrogen-bond donors (Lipinski definition) is 2. The highest BCUT2D eigenvalue weighted by Gasteiger charge is 2.24. The fourth-order valence-electron chi connectivity index (χ4n) is 3.90. The van der Waals surface area contributed by atoms with Gasteiger partial charge in [0, 0.05) is 12.8 Å². The van der Waals surface area contributed by atoms with Crippen molar-refractivity contribution in [1.82, 2.24) is 29.5 Å². The third-order valence-electron chi connectivity index (χ3n) is 5.57. The molecule has 12 heteroatoms.